The first kappa shape index (κ1) is 15.0. The molecule has 1 atom stereocenters. The highest BCUT2D eigenvalue weighted by atomic mass is 16.6. The molecular formula is C14H20N2O3. The van der Waals surface area contributed by atoms with Crippen molar-refractivity contribution in [2.24, 2.45) is 5.92 Å². The summed E-state index contributed by atoms with van der Waals surface area (Å²) in [5.74, 6) is 0.584. The van der Waals surface area contributed by atoms with Gasteiger partial charge >= 0.3 is 6.09 Å². The van der Waals surface area contributed by atoms with Gasteiger partial charge in [0, 0.05) is 6.54 Å². The van der Waals surface area contributed by atoms with E-state index in [0.717, 1.165) is 0 Å². The zero-order valence-electron chi connectivity index (χ0n) is 11.5. The summed E-state index contributed by atoms with van der Waals surface area (Å²) in [4.78, 5) is 23.2. The average molecular weight is 264 g/mol. The van der Waals surface area contributed by atoms with Crippen LogP contribution in [0.25, 0.3) is 0 Å². The highest BCUT2D eigenvalue weighted by Gasteiger charge is 2.16. The van der Waals surface area contributed by atoms with Crippen molar-refractivity contribution in [2.45, 2.75) is 26.8 Å². The van der Waals surface area contributed by atoms with Crippen LogP contribution in [0.5, 0.6) is 5.75 Å². The van der Waals surface area contributed by atoms with Crippen LogP contribution in [0.4, 0.5) is 4.79 Å². The van der Waals surface area contributed by atoms with Crippen LogP contribution in [0.3, 0.4) is 0 Å². The summed E-state index contributed by atoms with van der Waals surface area (Å²) < 4.78 is 5.03. The molecule has 1 aromatic carbocycles. The molecule has 5 heteroatoms. The summed E-state index contributed by atoms with van der Waals surface area (Å²) >= 11 is 0. The van der Waals surface area contributed by atoms with E-state index >= 15 is 0 Å². The average Bonchev–Trinajstić information content (AvgIpc) is 2.36. The Morgan fingerprint density at radius 1 is 1.16 bits per heavy atom. The minimum atomic E-state index is -0.640. The first-order valence-corrected chi connectivity index (χ1v) is 6.30. The molecule has 0 aliphatic heterocycles. The largest absolute Gasteiger partial charge is 0.413 e. The Labute approximate surface area is 113 Å². The normalized spacial score (nSPS) is 11.8. The molecule has 0 aliphatic rings. The Kier molecular flexibility index (Phi) is 5.85. The lowest BCUT2D eigenvalue weighted by atomic mass is 10.2. The van der Waals surface area contributed by atoms with Gasteiger partial charge in [-0.25, -0.2) is 4.79 Å². The van der Waals surface area contributed by atoms with Crippen molar-refractivity contribution in [1.82, 2.24) is 10.6 Å². The van der Waals surface area contributed by atoms with Crippen molar-refractivity contribution < 1.29 is 14.3 Å². The fourth-order valence-electron chi connectivity index (χ4n) is 1.33. The van der Waals surface area contributed by atoms with E-state index in [1.165, 1.54) is 0 Å². The van der Waals surface area contributed by atoms with Crippen molar-refractivity contribution in [1.29, 1.82) is 0 Å². The number of carbonyl (C=O) groups excluding carboxylic acids is 2. The van der Waals surface area contributed by atoms with E-state index in [0.29, 0.717) is 18.2 Å². The Morgan fingerprint density at radius 2 is 1.79 bits per heavy atom. The molecule has 104 valence electrons. The van der Waals surface area contributed by atoms with Crippen molar-refractivity contribution in [3.63, 3.8) is 0 Å². The Balaban J connectivity index is 2.37. The molecule has 0 heterocycles. The van der Waals surface area contributed by atoms with Crippen molar-refractivity contribution >= 4 is 12.0 Å². The number of nitrogens with one attached hydrogen (secondary N) is 2. The number of hydrogen-bond donors (Lipinski definition) is 2. The van der Waals surface area contributed by atoms with Crippen LogP contribution in [0.15, 0.2) is 30.3 Å². The molecule has 0 fully saturated rings. The Hall–Kier alpha value is -2.04. The van der Waals surface area contributed by atoms with Gasteiger partial charge in [0.1, 0.15) is 11.8 Å². The second-order valence-corrected chi connectivity index (χ2v) is 4.71. The zero-order chi connectivity index (χ0) is 14.3. The first-order valence-electron chi connectivity index (χ1n) is 6.30. The molecule has 2 N–H and O–H groups in total. The van der Waals surface area contributed by atoms with E-state index < -0.39 is 12.1 Å². The monoisotopic (exact) mass is 264 g/mol. The maximum atomic E-state index is 11.7. The summed E-state index contributed by atoms with van der Waals surface area (Å²) in [6.07, 6.45) is -0.640. The molecule has 2 amide bonds. The lowest BCUT2D eigenvalue weighted by Gasteiger charge is -2.15. The van der Waals surface area contributed by atoms with Crippen LogP contribution < -0.4 is 15.4 Å². The second kappa shape index (κ2) is 7.41. The molecule has 1 aromatic rings. The number of amides is 2. The molecule has 0 spiro atoms. The molecule has 19 heavy (non-hydrogen) atoms. The minimum absolute atomic E-state index is 0.223. The fraction of sp³-hybridized carbons (Fsp3) is 0.429. The summed E-state index contributed by atoms with van der Waals surface area (Å²) in [6, 6.07) is 8.07. The predicted molar refractivity (Wildman–Crippen MR) is 72.9 cm³/mol. The van der Waals surface area contributed by atoms with Crippen molar-refractivity contribution in [2.75, 3.05) is 6.54 Å². The van der Waals surface area contributed by atoms with Gasteiger partial charge in [-0.2, -0.15) is 0 Å². The van der Waals surface area contributed by atoms with Gasteiger partial charge in [0.05, 0.1) is 0 Å². The summed E-state index contributed by atoms with van der Waals surface area (Å²) in [6.45, 7) is 6.20. The molecule has 1 rings (SSSR count). The lowest BCUT2D eigenvalue weighted by Crippen LogP contribution is -2.46. The summed E-state index contributed by atoms with van der Waals surface area (Å²) in [5.41, 5.74) is 0. The molecule has 0 bridgehead atoms. The van der Waals surface area contributed by atoms with E-state index in [1.54, 1.807) is 31.2 Å². The molecular weight excluding hydrogens is 244 g/mol. The maximum absolute atomic E-state index is 11.7. The van der Waals surface area contributed by atoms with Crippen LogP contribution >= 0.6 is 0 Å². The van der Waals surface area contributed by atoms with Gasteiger partial charge in [0.25, 0.3) is 0 Å². The lowest BCUT2D eigenvalue weighted by molar-refractivity contribution is -0.122. The fourth-order valence-corrected chi connectivity index (χ4v) is 1.33. The Morgan fingerprint density at radius 3 is 2.37 bits per heavy atom. The molecule has 1 unspecified atom stereocenters. The van der Waals surface area contributed by atoms with Crippen LogP contribution in [0.1, 0.15) is 20.8 Å². The van der Waals surface area contributed by atoms with Gasteiger partial charge < -0.3 is 15.4 Å². The summed E-state index contributed by atoms with van der Waals surface area (Å²) in [5, 5.41) is 5.22. The standard InChI is InChI=1S/C14H20N2O3/c1-10(2)9-15-13(17)11(3)16-14(18)19-12-7-5-4-6-8-12/h4-8,10-11H,9H2,1-3H3,(H,15,17)(H,16,18). The third-order valence-electron chi connectivity index (χ3n) is 2.37. The number of hydrogen-bond acceptors (Lipinski definition) is 3. The first-order chi connectivity index (χ1) is 8.99. The van der Waals surface area contributed by atoms with E-state index in [1.807, 2.05) is 19.9 Å². The number of carbonyl (C=O) groups is 2. The molecule has 0 aliphatic carbocycles. The zero-order valence-corrected chi connectivity index (χ0v) is 11.5. The third kappa shape index (κ3) is 5.90. The quantitative estimate of drug-likeness (QED) is 0.854. The summed E-state index contributed by atoms with van der Waals surface area (Å²) in [7, 11) is 0. The number of para-hydroxylation sites is 1. The van der Waals surface area contributed by atoms with E-state index in [9.17, 15) is 9.59 Å². The van der Waals surface area contributed by atoms with Gasteiger partial charge in [0.2, 0.25) is 5.91 Å². The van der Waals surface area contributed by atoms with Gasteiger partial charge in [-0.1, -0.05) is 32.0 Å². The number of ether oxygens (including phenoxy) is 1. The van der Waals surface area contributed by atoms with E-state index in [2.05, 4.69) is 10.6 Å². The Bertz CT molecular complexity index is 418. The van der Waals surface area contributed by atoms with Crippen LogP contribution in [-0.2, 0) is 4.79 Å². The van der Waals surface area contributed by atoms with Crippen molar-refractivity contribution in [3.8, 4) is 5.75 Å². The molecule has 0 saturated carbocycles. The van der Waals surface area contributed by atoms with Gasteiger partial charge in [0.15, 0.2) is 0 Å². The van der Waals surface area contributed by atoms with Crippen LogP contribution in [-0.4, -0.2) is 24.6 Å². The van der Waals surface area contributed by atoms with Crippen LogP contribution in [0, 0.1) is 5.92 Å². The van der Waals surface area contributed by atoms with Gasteiger partial charge in [-0.15, -0.1) is 0 Å². The maximum Gasteiger partial charge on any atom is 0.413 e. The second-order valence-electron chi connectivity index (χ2n) is 4.71. The third-order valence-corrected chi connectivity index (χ3v) is 2.37. The van der Waals surface area contributed by atoms with E-state index in [-0.39, 0.29) is 5.91 Å². The van der Waals surface area contributed by atoms with Gasteiger partial charge in [-0.3, -0.25) is 4.79 Å². The SMILES string of the molecule is CC(C)CNC(=O)C(C)NC(=O)Oc1ccccc1. The van der Waals surface area contributed by atoms with Gasteiger partial charge in [-0.05, 0) is 25.0 Å². The highest BCUT2D eigenvalue weighted by Crippen LogP contribution is 2.08. The predicted octanol–water partition coefficient (Wildman–Crippen LogP) is 1.94. The molecule has 5 nitrogen and oxygen atoms in total. The number of rotatable bonds is 5. The molecule has 0 saturated heterocycles. The van der Waals surface area contributed by atoms with Crippen molar-refractivity contribution in [3.05, 3.63) is 30.3 Å². The molecule has 0 aromatic heterocycles. The molecule has 0 radical (unpaired) electrons. The van der Waals surface area contributed by atoms with Crippen LogP contribution in [0.2, 0.25) is 0 Å². The topological polar surface area (TPSA) is 67.4 Å². The minimum Gasteiger partial charge on any atom is -0.410 e. The van der Waals surface area contributed by atoms with E-state index in [4.69, 9.17) is 4.74 Å². The smallest absolute Gasteiger partial charge is 0.410 e. The number of benzene rings is 1. The highest BCUT2D eigenvalue weighted by molar-refractivity contribution is 5.85.